The minimum Gasteiger partial charge on any atom is -0.435 e. The number of amides is 3. The van der Waals surface area contributed by atoms with E-state index in [1.165, 1.54) is 12.1 Å². The summed E-state index contributed by atoms with van der Waals surface area (Å²) < 4.78 is 28.9. The first-order valence-corrected chi connectivity index (χ1v) is 8.42. The van der Waals surface area contributed by atoms with Gasteiger partial charge in [-0.15, -0.1) is 0 Å². The minimum atomic E-state index is -2.89. The lowest BCUT2D eigenvalue weighted by Crippen LogP contribution is -2.28. The number of benzene rings is 2. The van der Waals surface area contributed by atoms with Crippen LogP contribution in [0.15, 0.2) is 42.5 Å². The van der Waals surface area contributed by atoms with Crippen LogP contribution in [0.4, 0.5) is 19.3 Å². The molecule has 8 heteroatoms. The summed E-state index contributed by atoms with van der Waals surface area (Å²) in [5.74, 6) is -0.253. The lowest BCUT2D eigenvalue weighted by Gasteiger charge is -2.17. The summed E-state index contributed by atoms with van der Waals surface area (Å²) in [5, 5.41) is 5.48. The first-order chi connectivity index (χ1) is 12.9. The standard InChI is InChI=1S/C19H19F2N3O3/c1-12-9-14(5-6-16(12)24-8-7-22-19(24)26)17(25)23-11-13-3-2-4-15(10-13)27-18(20)21/h2-6,9-10,18H,7-8,11H2,1H3,(H,22,26)(H,23,25). The largest absolute Gasteiger partial charge is 0.435 e. The zero-order chi connectivity index (χ0) is 19.4. The quantitative estimate of drug-likeness (QED) is 0.815. The summed E-state index contributed by atoms with van der Waals surface area (Å²) >= 11 is 0. The van der Waals surface area contributed by atoms with Crippen molar-refractivity contribution in [2.45, 2.75) is 20.1 Å². The average molecular weight is 375 g/mol. The summed E-state index contributed by atoms with van der Waals surface area (Å²) in [6.07, 6.45) is 0. The molecule has 0 bridgehead atoms. The van der Waals surface area contributed by atoms with E-state index >= 15 is 0 Å². The van der Waals surface area contributed by atoms with Gasteiger partial charge >= 0.3 is 12.6 Å². The van der Waals surface area contributed by atoms with Gasteiger partial charge in [-0.25, -0.2) is 4.79 Å². The lowest BCUT2D eigenvalue weighted by atomic mass is 10.1. The Morgan fingerprint density at radius 2 is 2.11 bits per heavy atom. The highest BCUT2D eigenvalue weighted by atomic mass is 19.3. The Labute approximate surface area is 155 Å². The molecule has 1 aliphatic heterocycles. The van der Waals surface area contributed by atoms with Crippen molar-refractivity contribution >= 4 is 17.6 Å². The van der Waals surface area contributed by atoms with E-state index in [1.54, 1.807) is 35.2 Å². The van der Waals surface area contributed by atoms with E-state index in [9.17, 15) is 18.4 Å². The number of aryl methyl sites for hydroxylation is 1. The van der Waals surface area contributed by atoms with E-state index in [2.05, 4.69) is 15.4 Å². The van der Waals surface area contributed by atoms with Gasteiger partial charge in [-0.2, -0.15) is 8.78 Å². The number of nitrogens with zero attached hydrogens (tertiary/aromatic N) is 1. The van der Waals surface area contributed by atoms with Crippen molar-refractivity contribution in [2.24, 2.45) is 0 Å². The number of hydrogen-bond donors (Lipinski definition) is 2. The highest BCUT2D eigenvalue weighted by molar-refractivity contribution is 5.97. The molecule has 0 saturated carbocycles. The molecule has 0 unspecified atom stereocenters. The highest BCUT2D eigenvalue weighted by Gasteiger charge is 2.22. The summed E-state index contributed by atoms with van der Waals surface area (Å²) in [5.41, 5.74) is 2.67. The zero-order valence-corrected chi connectivity index (χ0v) is 14.7. The van der Waals surface area contributed by atoms with E-state index in [1.807, 2.05) is 6.92 Å². The third-order valence-electron chi connectivity index (χ3n) is 4.18. The van der Waals surface area contributed by atoms with E-state index in [0.29, 0.717) is 24.2 Å². The predicted octanol–water partition coefficient (Wildman–Crippen LogP) is 3.06. The number of halogens is 2. The number of urea groups is 1. The normalized spacial score (nSPS) is 13.6. The third-order valence-corrected chi connectivity index (χ3v) is 4.18. The predicted molar refractivity (Wildman–Crippen MR) is 96.2 cm³/mol. The lowest BCUT2D eigenvalue weighted by molar-refractivity contribution is -0.0498. The molecule has 1 fully saturated rings. The van der Waals surface area contributed by atoms with E-state index in [4.69, 9.17) is 0 Å². The van der Waals surface area contributed by atoms with Crippen LogP contribution in [0.2, 0.25) is 0 Å². The number of rotatable bonds is 6. The molecular formula is C19H19F2N3O3. The molecule has 27 heavy (non-hydrogen) atoms. The van der Waals surface area contributed by atoms with Gasteiger partial charge < -0.3 is 15.4 Å². The molecule has 2 aromatic rings. The second-order valence-electron chi connectivity index (χ2n) is 6.09. The molecule has 3 amide bonds. The van der Waals surface area contributed by atoms with E-state index in [-0.39, 0.29) is 24.2 Å². The highest BCUT2D eigenvalue weighted by Crippen LogP contribution is 2.23. The molecule has 1 aliphatic rings. The molecule has 1 saturated heterocycles. The van der Waals surface area contributed by atoms with Crippen LogP contribution in [-0.2, 0) is 6.54 Å². The van der Waals surface area contributed by atoms with Crippen molar-refractivity contribution in [1.82, 2.24) is 10.6 Å². The molecule has 2 N–H and O–H groups in total. The van der Waals surface area contributed by atoms with Crippen LogP contribution in [-0.4, -0.2) is 31.6 Å². The van der Waals surface area contributed by atoms with Crippen molar-refractivity contribution in [3.63, 3.8) is 0 Å². The maximum atomic E-state index is 12.4. The summed E-state index contributed by atoms with van der Waals surface area (Å²) in [7, 11) is 0. The fourth-order valence-corrected chi connectivity index (χ4v) is 2.92. The fourth-order valence-electron chi connectivity index (χ4n) is 2.92. The Bertz CT molecular complexity index is 858. The summed E-state index contributed by atoms with van der Waals surface area (Å²) in [4.78, 5) is 25.8. The average Bonchev–Trinajstić information content (AvgIpc) is 3.05. The maximum absolute atomic E-state index is 12.4. The monoisotopic (exact) mass is 375 g/mol. The molecule has 3 rings (SSSR count). The van der Waals surface area contributed by atoms with Crippen molar-refractivity contribution in [3.8, 4) is 5.75 Å². The molecule has 0 radical (unpaired) electrons. The molecule has 0 spiro atoms. The Morgan fingerprint density at radius 3 is 2.78 bits per heavy atom. The zero-order valence-electron chi connectivity index (χ0n) is 14.7. The fraction of sp³-hybridized carbons (Fsp3) is 0.263. The molecule has 142 valence electrons. The SMILES string of the molecule is Cc1cc(C(=O)NCc2cccc(OC(F)F)c2)ccc1N1CCNC1=O. The first kappa shape index (κ1) is 18.6. The van der Waals surface area contributed by atoms with E-state index in [0.717, 1.165) is 11.3 Å². The van der Waals surface area contributed by atoms with Crippen LogP contribution in [0.5, 0.6) is 5.75 Å². The Morgan fingerprint density at radius 1 is 1.30 bits per heavy atom. The van der Waals surface area contributed by atoms with Gasteiger partial charge in [0.05, 0.1) is 0 Å². The van der Waals surface area contributed by atoms with Gasteiger partial charge in [-0.05, 0) is 48.4 Å². The third kappa shape index (κ3) is 4.52. The number of nitrogens with one attached hydrogen (secondary N) is 2. The van der Waals surface area contributed by atoms with Gasteiger partial charge in [0.2, 0.25) is 0 Å². The van der Waals surface area contributed by atoms with Crippen LogP contribution < -0.4 is 20.3 Å². The molecule has 0 aliphatic carbocycles. The van der Waals surface area contributed by atoms with Crippen molar-refractivity contribution in [1.29, 1.82) is 0 Å². The van der Waals surface area contributed by atoms with Gasteiger partial charge in [0, 0.05) is 30.9 Å². The molecule has 0 aromatic heterocycles. The number of anilines is 1. The van der Waals surface area contributed by atoms with Crippen LogP contribution in [0.3, 0.4) is 0 Å². The van der Waals surface area contributed by atoms with Crippen molar-refractivity contribution < 1.29 is 23.1 Å². The smallest absolute Gasteiger partial charge is 0.387 e. The number of hydrogen-bond acceptors (Lipinski definition) is 3. The molecular weight excluding hydrogens is 356 g/mol. The van der Waals surface area contributed by atoms with Gasteiger partial charge in [0.25, 0.3) is 5.91 Å². The second-order valence-corrected chi connectivity index (χ2v) is 6.09. The van der Waals surface area contributed by atoms with Gasteiger partial charge in [0.1, 0.15) is 5.75 Å². The van der Waals surface area contributed by atoms with Gasteiger partial charge in [0.15, 0.2) is 0 Å². The Hall–Kier alpha value is -3.16. The molecule has 1 heterocycles. The van der Waals surface area contributed by atoms with Gasteiger partial charge in [-0.3, -0.25) is 9.69 Å². The number of ether oxygens (including phenoxy) is 1. The van der Waals surface area contributed by atoms with Gasteiger partial charge in [-0.1, -0.05) is 12.1 Å². The van der Waals surface area contributed by atoms with Crippen LogP contribution >= 0.6 is 0 Å². The Balaban J connectivity index is 1.64. The summed E-state index contributed by atoms with van der Waals surface area (Å²) in [6.45, 7) is 0.295. The van der Waals surface area contributed by atoms with Crippen molar-refractivity contribution in [3.05, 3.63) is 59.2 Å². The summed E-state index contributed by atoms with van der Waals surface area (Å²) in [6, 6.07) is 11.1. The minimum absolute atomic E-state index is 0.0424. The van der Waals surface area contributed by atoms with Crippen molar-refractivity contribution in [2.75, 3.05) is 18.0 Å². The Kier molecular flexibility index (Phi) is 5.54. The van der Waals surface area contributed by atoms with Crippen LogP contribution in [0, 0.1) is 6.92 Å². The first-order valence-electron chi connectivity index (χ1n) is 8.42. The van der Waals surface area contributed by atoms with Crippen LogP contribution in [0.25, 0.3) is 0 Å². The molecule has 0 atom stereocenters. The molecule has 6 nitrogen and oxygen atoms in total. The molecule has 2 aromatic carbocycles. The van der Waals surface area contributed by atoms with Crippen LogP contribution in [0.1, 0.15) is 21.5 Å². The van der Waals surface area contributed by atoms with E-state index < -0.39 is 6.61 Å². The number of alkyl halides is 2. The number of carbonyl (C=O) groups excluding carboxylic acids is 2. The second kappa shape index (κ2) is 8.03. The number of carbonyl (C=O) groups is 2. The topological polar surface area (TPSA) is 70.7 Å². The maximum Gasteiger partial charge on any atom is 0.387 e.